The lowest BCUT2D eigenvalue weighted by molar-refractivity contribution is 0.208. The summed E-state index contributed by atoms with van der Waals surface area (Å²) in [6.45, 7) is 2.65. The van der Waals surface area contributed by atoms with E-state index in [1.165, 1.54) is 0 Å². The Kier molecular flexibility index (Phi) is 5.53. The molecule has 0 atom stereocenters. The van der Waals surface area contributed by atoms with Gasteiger partial charge in [-0.1, -0.05) is 42.5 Å². The van der Waals surface area contributed by atoms with Gasteiger partial charge in [0.25, 0.3) is 0 Å². The summed E-state index contributed by atoms with van der Waals surface area (Å²) in [7, 11) is 0. The zero-order valence-electron chi connectivity index (χ0n) is 17.5. The Balaban J connectivity index is 1.18. The molecular formula is C25H23N5O2. The molecular weight excluding hydrogens is 402 g/mol. The highest BCUT2D eigenvalue weighted by atomic mass is 16.5. The third kappa shape index (κ3) is 4.32. The molecule has 1 aromatic heterocycles. The number of fused-ring (bicyclic) bond motifs is 1. The molecule has 0 saturated carbocycles. The monoisotopic (exact) mass is 425 g/mol. The summed E-state index contributed by atoms with van der Waals surface area (Å²) >= 11 is 0. The summed E-state index contributed by atoms with van der Waals surface area (Å²) in [4.78, 5) is 16.7. The third-order valence-corrected chi connectivity index (χ3v) is 5.50. The number of para-hydroxylation sites is 1. The third-order valence-electron chi connectivity index (χ3n) is 5.50. The number of nitrogens with one attached hydrogen (secondary N) is 1. The zero-order chi connectivity index (χ0) is 21.8. The highest BCUT2D eigenvalue weighted by molar-refractivity contribution is 5.92. The van der Waals surface area contributed by atoms with Crippen molar-refractivity contribution in [2.45, 2.75) is 0 Å². The number of benzene rings is 3. The average Bonchev–Trinajstić information content (AvgIpc) is 2.86. The number of anilines is 2. The average molecular weight is 425 g/mol. The number of urea groups is 1. The predicted molar refractivity (Wildman–Crippen MR) is 125 cm³/mol. The van der Waals surface area contributed by atoms with Crippen molar-refractivity contribution in [2.75, 3.05) is 36.4 Å². The van der Waals surface area contributed by atoms with Crippen LogP contribution in [0.1, 0.15) is 0 Å². The van der Waals surface area contributed by atoms with Crippen LogP contribution in [0.2, 0.25) is 0 Å². The van der Waals surface area contributed by atoms with Crippen molar-refractivity contribution in [2.24, 2.45) is 0 Å². The van der Waals surface area contributed by atoms with Crippen LogP contribution in [0.25, 0.3) is 10.8 Å². The minimum Gasteiger partial charge on any atom is -0.457 e. The number of aromatic nitrogens is 2. The molecule has 0 radical (unpaired) electrons. The van der Waals surface area contributed by atoms with E-state index in [1.54, 1.807) is 6.20 Å². The van der Waals surface area contributed by atoms with Crippen LogP contribution in [0, 0.1) is 0 Å². The highest BCUT2D eigenvalue weighted by Crippen LogP contribution is 2.25. The molecule has 2 amide bonds. The van der Waals surface area contributed by atoms with Gasteiger partial charge in [0.1, 0.15) is 11.5 Å². The molecule has 7 heteroatoms. The summed E-state index contributed by atoms with van der Waals surface area (Å²) < 4.78 is 5.80. The molecule has 0 unspecified atom stereocenters. The number of ether oxygens (including phenoxy) is 1. The number of carbonyl (C=O) groups is 1. The van der Waals surface area contributed by atoms with Crippen molar-refractivity contribution in [1.29, 1.82) is 0 Å². The molecule has 1 aliphatic heterocycles. The minimum absolute atomic E-state index is 0.106. The second-order valence-corrected chi connectivity index (χ2v) is 7.60. The van der Waals surface area contributed by atoms with Crippen LogP contribution in [-0.4, -0.2) is 47.3 Å². The molecule has 0 bridgehead atoms. The number of nitrogens with zero attached hydrogens (tertiary/aromatic N) is 4. The van der Waals surface area contributed by atoms with Gasteiger partial charge in [0.15, 0.2) is 5.82 Å². The lowest BCUT2D eigenvalue weighted by atomic mass is 10.2. The SMILES string of the molecule is O=C(Nc1ccc(Oc2ccccc2)cc1)N1CCN(c2nncc3ccccc23)CC1. The number of hydrogen-bond donors (Lipinski definition) is 1. The summed E-state index contributed by atoms with van der Waals surface area (Å²) in [5, 5.41) is 13.6. The van der Waals surface area contributed by atoms with Crippen molar-refractivity contribution in [3.8, 4) is 11.5 Å². The molecule has 2 heterocycles. The van der Waals surface area contributed by atoms with Gasteiger partial charge in [-0.3, -0.25) is 0 Å². The van der Waals surface area contributed by atoms with Gasteiger partial charge < -0.3 is 19.9 Å². The molecule has 4 aromatic rings. The molecule has 1 aliphatic rings. The highest BCUT2D eigenvalue weighted by Gasteiger charge is 2.23. The van der Waals surface area contributed by atoms with Crippen molar-refractivity contribution in [3.05, 3.63) is 85.1 Å². The standard InChI is InChI=1S/C25H23N5O2/c31-25(27-20-10-12-22(13-11-20)32-21-7-2-1-3-8-21)30-16-14-29(15-17-30)24-23-9-5-4-6-19(23)18-26-28-24/h1-13,18H,14-17H2,(H,27,31). The van der Waals surface area contributed by atoms with E-state index in [9.17, 15) is 4.79 Å². The summed E-state index contributed by atoms with van der Waals surface area (Å²) in [6, 6.07) is 25.0. The Bertz CT molecular complexity index is 1200. The van der Waals surface area contributed by atoms with Gasteiger partial charge >= 0.3 is 6.03 Å². The van der Waals surface area contributed by atoms with Crippen LogP contribution >= 0.6 is 0 Å². The van der Waals surface area contributed by atoms with Gasteiger partial charge in [-0.05, 0) is 36.4 Å². The van der Waals surface area contributed by atoms with Gasteiger partial charge in [-0.2, -0.15) is 5.10 Å². The first kappa shape index (κ1) is 19.8. The van der Waals surface area contributed by atoms with Gasteiger partial charge in [-0.25, -0.2) is 4.79 Å². The molecule has 1 fully saturated rings. The fourth-order valence-corrected chi connectivity index (χ4v) is 3.80. The maximum atomic E-state index is 12.7. The Morgan fingerprint density at radius 3 is 2.28 bits per heavy atom. The predicted octanol–water partition coefficient (Wildman–Crippen LogP) is 4.78. The topological polar surface area (TPSA) is 70.6 Å². The smallest absolute Gasteiger partial charge is 0.321 e. The quantitative estimate of drug-likeness (QED) is 0.510. The van der Waals surface area contributed by atoms with E-state index in [2.05, 4.69) is 26.5 Å². The number of rotatable bonds is 4. The van der Waals surface area contributed by atoms with Crippen LogP contribution in [-0.2, 0) is 0 Å². The van der Waals surface area contributed by atoms with E-state index >= 15 is 0 Å². The van der Waals surface area contributed by atoms with Crippen LogP contribution in [0.3, 0.4) is 0 Å². The van der Waals surface area contributed by atoms with Gasteiger partial charge in [0, 0.05) is 42.6 Å². The fraction of sp³-hybridized carbons (Fsp3) is 0.160. The molecule has 1 saturated heterocycles. The molecule has 0 aliphatic carbocycles. The normalized spacial score (nSPS) is 13.8. The Morgan fingerprint density at radius 2 is 1.50 bits per heavy atom. The van der Waals surface area contributed by atoms with Crippen molar-refractivity contribution >= 4 is 28.3 Å². The summed E-state index contributed by atoms with van der Waals surface area (Å²) in [5.74, 6) is 2.37. The lowest BCUT2D eigenvalue weighted by Gasteiger charge is -2.35. The van der Waals surface area contributed by atoms with E-state index in [1.807, 2.05) is 77.7 Å². The Labute approximate surface area is 186 Å². The number of hydrogen-bond acceptors (Lipinski definition) is 5. The van der Waals surface area contributed by atoms with E-state index in [0.717, 1.165) is 33.8 Å². The number of carbonyl (C=O) groups excluding carboxylic acids is 1. The van der Waals surface area contributed by atoms with Crippen LogP contribution in [0.15, 0.2) is 85.1 Å². The van der Waals surface area contributed by atoms with Crippen molar-refractivity contribution in [3.63, 3.8) is 0 Å². The second-order valence-electron chi connectivity index (χ2n) is 7.60. The first-order valence-corrected chi connectivity index (χ1v) is 10.6. The Morgan fingerprint density at radius 1 is 0.812 bits per heavy atom. The van der Waals surface area contributed by atoms with Crippen molar-refractivity contribution < 1.29 is 9.53 Å². The molecule has 5 rings (SSSR count). The maximum Gasteiger partial charge on any atom is 0.321 e. The largest absolute Gasteiger partial charge is 0.457 e. The molecule has 32 heavy (non-hydrogen) atoms. The van der Waals surface area contributed by atoms with Gasteiger partial charge in [-0.15, -0.1) is 5.10 Å². The molecule has 1 N–H and O–H groups in total. The lowest BCUT2D eigenvalue weighted by Crippen LogP contribution is -2.50. The van der Waals surface area contributed by atoms with E-state index in [0.29, 0.717) is 26.2 Å². The molecule has 0 spiro atoms. The summed E-state index contributed by atoms with van der Waals surface area (Å²) in [5.41, 5.74) is 0.734. The first-order valence-electron chi connectivity index (χ1n) is 10.6. The van der Waals surface area contributed by atoms with E-state index in [-0.39, 0.29) is 6.03 Å². The maximum absolute atomic E-state index is 12.7. The van der Waals surface area contributed by atoms with Gasteiger partial charge in [0.05, 0.1) is 6.20 Å². The first-order chi connectivity index (χ1) is 15.8. The molecule has 7 nitrogen and oxygen atoms in total. The van der Waals surface area contributed by atoms with Crippen molar-refractivity contribution in [1.82, 2.24) is 15.1 Å². The second kappa shape index (κ2) is 8.93. The molecule has 3 aromatic carbocycles. The Hall–Kier alpha value is -4.13. The zero-order valence-corrected chi connectivity index (χ0v) is 17.5. The van der Waals surface area contributed by atoms with Crippen LogP contribution in [0.4, 0.5) is 16.3 Å². The number of amides is 2. The summed E-state index contributed by atoms with van der Waals surface area (Å²) in [6.07, 6.45) is 1.78. The van der Waals surface area contributed by atoms with Crippen LogP contribution < -0.4 is 15.0 Å². The minimum atomic E-state index is -0.106. The number of piperazine rings is 1. The van der Waals surface area contributed by atoms with Gasteiger partial charge in [0.2, 0.25) is 0 Å². The van der Waals surface area contributed by atoms with Crippen LogP contribution in [0.5, 0.6) is 11.5 Å². The molecule has 160 valence electrons. The van der Waals surface area contributed by atoms with E-state index in [4.69, 9.17) is 4.74 Å². The van der Waals surface area contributed by atoms with E-state index < -0.39 is 0 Å². The fourth-order valence-electron chi connectivity index (χ4n) is 3.80.